The van der Waals surface area contributed by atoms with Gasteiger partial charge in [-0.3, -0.25) is 9.69 Å². The van der Waals surface area contributed by atoms with Crippen LogP contribution in [0.25, 0.3) is 0 Å². The zero-order valence-corrected chi connectivity index (χ0v) is 17.3. The second-order valence-electron chi connectivity index (χ2n) is 7.73. The molecule has 2 aromatic carbocycles. The highest BCUT2D eigenvalue weighted by molar-refractivity contribution is 5.91. The smallest absolute Gasteiger partial charge is 0.273 e. The maximum absolute atomic E-state index is 13.6. The molecule has 31 heavy (non-hydrogen) atoms. The van der Waals surface area contributed by atoms with Gasteiger partial charge in [-0.05, 0) is 36.1 Å². The predicted molar refractivity (Wildman–Crippen MR) is 114 cm³/mol. The number of hydrogen-bond acceptors (Lipinski definition) is 5. The third kappa shape index (κ3) is 6.23. The monoisotopic (exact) mass is 423 g/mol. The van der Waals surface area contributed by atoms with Crippen molar-refractivity contribution in [3.8, 4) is 0 Å². The number of nitrogens with one attached hydrogen (secondary N) is 1. The van der Waals surface area contributed by atoms with E-state index in [0.29, 0.717) is 32.1 Å². The van der Waals surface area contributed by atoms with Gasteiger partial charge in [0, 0.05) is 26.2 Å². The summed E-state index contributed by atoms with van der Waals surface area (Å²) in [5.41, 5.74) is 2.23. The number of benzene rings is 2. The molecule has 1 aliphatic rings. The van der Waals surface area contributed by atoms with Crippen LogP contribution in [-0.4, -0.2) is 35.0 Å². The van der Waals surface area contributed by atoms with Crippen molar-refractivity contribution in [1.82, 2.24) is 15.2 Å². The molecule has 1 saturated heterocycles. The molecule has 162 valence electrons. The SMILES string of the molecule is O=C(NCC1CCCO1)c1coc(CN(Cc2ccccc2)Cc2cccc(F)c2)n1. The molecule has 0 bridgehead atoms. The van der Waals surface area contributed by atoms with E-state index in [2.05, 4.69) is 15.2 Å². The Morgan fingerprint density at radius 2 is 1.90 bits per heavy atom. The fraction of sp³-hybridized carbons (Fsp3) is 0.333. The summed E-state index contributed by atoms with van der Waals surface area (Å²) >= 11 is 0. The Hall–Kier alpha value is -3.03. The number of oxazole rings is 1. The van der Waals surface area contributed by atoms with Crippen molar-refractivity contribution in [2.75, 3.05) is 13.2 Å². The van der Waals surface area contributed by atoms with Crippen LogP contribution in [0, 0.1) is 5.82 Å². The second-order valence-corrected chi connectivity index (χ2v) is 7.73. The topological polar surface area (TPSA) is 67.6 Å². The van der Waals surface area contributed by atoms with Crippen LogP contribution in [0.2, 0.25) is 0 Å². The van der Waals surface area contributed by atoms with Crippen molar-refractivity contribution < 1.29 is 18.3 Å². The zero-order valence-electron chi connectivity index (χ0n) is 17.3. The van der Waals surface area contributed by atoms with E-state index in [1.807, 2.05) is 36.4 Å². The first-order valence-electron chi connectivity index (χ1n) is 10.5. The Bertz CT molecular complexity index is 986. The number of hydrogen-bond donors (Lipinski definition) is 1. The summed E-state index contributed by atoms with van der Waals surface area (Å²) in [7, 11) is 0. The summed E-state index contributed by atoms with van der Waals surface area (Å²) in [6, 6.07) is 16.6. The number of aromatic nitrogens is 1. The van der Waals surface area contributed by atoms with Gasteiger partial charge >= 0.3 is 0 Å². The van der Waals surface area contributed by atoms with Crippen molar-refractivity contribution >= 4 is 5.91 Å². The van der Waals surface area contributed by atoms with Crippen LogP contribution in [0.1, 0.15) is 40.3 Å². The second kappa shape index (κ2) is 10.3. The summed E-state index contributed by atoms with van der Waals surface area (Å²) in [4.78, 5) is 18.8. The van der Waals surface area contributed by atoms with Crippen molar-refractivity contribution in [2.24, 2.45) is 0 Å². The van der Waals surface area contributed by atoms with E-state index >= 15 is 0 Å². The van der Waals surface area contributed by atoms with Gasteiger partial charge in [0.25, 0.3) is 5.91 Å². The number of nitrogens with zero attached hydrogens (tertiary/aromatic N) is 2. The minimum absolute atomic E-state index is 0.0722. The van der Waals surface area contributed by atoms with Gasteiger partial charge in [-0.1, -0.05) is 42.5 Å². The molecule has 0 spiro atoms. The Morgan fingerprint density at radius 1 is 1.10 bits per heavy atom. The molecule has 6 nitrogen and oxygen atoms in total. The Morgan fingerprint density at radius 3 is 2.68 bits per heavy atom. The predicted octanol–water partition coefficient (Wildman–Crippen LogP) is 3.92. The van der Waals surface area contributed by atoms with Gasteiger partial charge in [0.2, 0.25) is 5.89 Å². The van der Waals surface area contributed by atoms with Crippen LogP contribution in [0.4, 0.5) is 4.39 Å². The molecule has 1 fully saturated rings. The molecular weight excluding hydrogens is 397 g/mol. The first kappa shape index (κ1) is 21.2. The lowest BCUT2D eigenvalue weighted by Crippen LogP contribution is -2.32. The van der Waals surface area contributed by atoms with Crippen LogP contribution < -0.4 is 5.32 Å². The number of carbonyl (C=O) groups excluding carboxylic acids is 1. The maximum atomic E-state index is 13.6. The number of halogens is 1. The Kier molecular flexibility index (Phi) is 7.07. The summed E-state index contributed by atoms with van der Waals surface area (Å²) in [6.07, 6.45) is 3.43. The molecule has 0 aliphatic carbocycles. The van der Waals surface area contributed by atoms with Gasteiger partial charge in [0.05, 0.1) is 12.6 Å². The van der Waals surface area contributed by atoms with Crippen LogP contribution in [-0.2, 0) is 24.4 Å². The van der Waals surface area contributed by atoms with Gasteiger partial charge in [-0.25, -0.2) is 9.37 Å². The largest absolute Gasteiger partial charge is 0.447 e. The number of rotatable bonds is 9. The van der Waals surface area contributed by atoms with E-state index in [0.717, 1.165) is 30.6 Å². The summed E-state index contributed by atoms with van der Waals surface area (Å²) < 4.78 is 24.7. The first-order valence-corrected chi connectivity index (χ1v) is 10.5. The molecule has 1 aliphatic heterocycles. The first-order chi connectivity index (χ1) is 15.2. The van der Waals surface area contributed by atoms with E-state index in [1.54, 1.807) is 6.07 Å². The van der Waals surface area contributed by atoms with Crippen LogP contribution >= 0.6 is 0 Å². The number of carbonyl (C=O) groups is 1. The summed E-state index contributed by atoms with van der Waals surface area (Å²) in [5, 5.41) is 2.85. The van der Waals surface area contributed by atoms with Crippen LogP contribution in [0.15, 0.2) is 65.3 Å². The molecule has 1 aromatic heterocycles. The highest BCUT2D eigenvalue weighted by Gasteiger charge is 2.19. The molecule has 3 aromatic rings. The van der Waals surface area contributed by atoms with Gasteiger partial charge in [0.1, 0.15) is 12.1 Å². The molecule has 4 rings (SSSR count). The minimum atomic E-state index is -0.273. The van der Waals surface area contributed by atoms with Gasteiger partial charge in [-0.2, -0.15) is 0 Å². The summed E-state index contributed by atoms with van der Waals surface area (Å²) in [5.74, 6) is -0.0988. The minimum Gasteiger partial charge on any atom is -0.447 e. The fourth-order valence-electron chi connectivity index (χ4n) is 3.68. The van der Waals surface area contributed by atoms with Gasteiger partial charge < -0.3 is 14.5 Å². The van der Waals surface area contributed by atoms with Crippen molar-refractivity contribution in [3.63, 3.8) is 0 Å². The van der Waals surface area contributed by atoms with E-state index in [4.69, 9.17) is 9.15 Å². The number of ether oxygens (including phenoxy) is 1. The Balaban J connectivity index is 1.41. The van der Waals surface area contributed by atoms with Crippen LogP contribution in [0.3, 0.4) is 0 Å². The molecule has 7 heteroatoms. The van der Waals surface area contributed by atoms with E-state index < -0.39 is 0 Å². The molecule has 1 amide bonds. The molecule has 1 N–H and O–H groups in total. The standard InChI is InChI=1S/C24H26FN3O3/c25-20-9-4-8-19(12-20)15-28(14-18-6-2-1-3-7-18)16-23-27-22(17-31-23)24(29)26-13-21-10-5-11-30-21/h1-4,6-9,12,17,21H,5,10-11,13-16H2,(H,26,29). The quantitative estimate of drug-likeness (QED) is 0.565. The lowest BCUT2D eigenvalue weighted by molar-refractivity contribution is 0.0853. The van der Waals surface area contributed by atoms with E-state index in [9.17, 15) is 9.18 Å². The molecule has 1 atom stereocenters. The summed E-state index contributed by atoms with van der Waals surface area (Å²) in [6.45, 7) is 2.78. The van der Waals surface area contributed by atoms with Crippen molar-refractivity contribution in [2.45, 2.75) is 38.6 Å². The van der Waals surface area contributed by atoms with E-state index in [1.165, 1.54) is 18.4 Å². The Labute approximate surface area is 181 Å². The number of amides is 1. The molecular formula is C24H26FN3O3. The molecule has 0 radical (unpaired) electrons. The zero-order chi connectivity index (χ0) is 21.5. The lowest BCUT2D eigenvalue weighted by atomic mass is 10.1. The maximum Gasteiger partial charge on any atom is 0.273 e. The molecule has 0 saturated carbocycles. The third-order valence-corrected chi connectivity index (χ3v) is 5.20. The average Bonchev–Trinajstić information content (AvgIpc) is 3.45. The molecule has 2 heterocycles. The van der Waals surface area contributed by atoms with Crippen LogP contribution in [0.5, 0.6) is 0 Å². The molecule has 1 unspecified atom stereocenters. The highest BCUT2D eigenvalue weighted by Crippen LogP contribution is 2.15. The van der Waals surface area contributed by atoms with Crippen molar-refractivity contribution in [3.05, 3.63) is 89.4 Å². The fourth-order valence-corrected chi connectivity index (χ4v) is 3.68. The van der Waals surface area contributed by atoms with Crippen molar-refractivity contribution in [1.29, 1.82) is 0 Å². The van der Waals surface area contributed by atoms with Gasteiger partial charge in [-0.15, -0.1) is 0 Å². The van der Waals surface area contributed by atoms with Gasteiger partial charge in [0.15, 0.2) is 5.69 Å². The normalized spacial score (nSPS) is 16.0. The third-order valence-electron chi connectivity index (χ3n) is 5.20. The lowest BCUT2D eigenvalue weighted by Gasteiger charge is -2.21. The highest BCUT2D eigenvalue weighted by atomic mass is 19.1. The average molecular weight is 423 g/mol. The van der Waals surface area contributed by atoms with E-state index in [-0.39, 0.29) is 23.5 Å².